The topological polar surface area (TPSA) is 56.5 Å². The third kappa shape index (κ3) is 6.66. The summed E-state index contributed by atoms with van der Waals surface area (Å²) in [6.45, 7) is 7.76. The molecular formula is C6H17N2O2P. The van der Waals surface area contributed by atoms with E-state index < -0.39 is 8.53 Å². The second-order valence-corrected chi connectivity index (χ2v) is 3.89. The Labute approximate surface area is 69.4 Å². The molecule has 5 heteroatoms. The van der Waals surface area contributed by atoms with Gasteiger partial charge in [-0.1, -0.05) is 0 Å². The van der Waals surface area contributed by atoms with E-state index in [2.05, 4.69) is 5.20 Å². The van der Waals surface area contributed by atoms with Crippen LogP contribution in [0.5, 0.6) is 0 Å². The van der Waals surface area contributed by atoms with Gasteiger partial charge in [0, 0.05) is 0 Å². The van der Waals surface area contributed by atoms with E-state index in [9.17, 15) is 0 Å². The van der Waals surface area contributed by atoms with Crippen molar-refractivity contribution >= 4 is 8.53 Å². The molecule has 0 fully saturated rings. The van der Waals surface area contributed by atoms with Crippen LogP contribution < -0.4 is 11.0 Å². The van der Waals surface area contributed by atoms with Crippen molar-refractivity contribution in [2.24, 2.45) is 5.84 Å². The Morgan fingerprint density at radius 1 is 1.09 bits per heavy atom. The molecule has 0 spiro atoms. The summed E-state index contributed by atoms with van der Waals surface area (Å²) in [5.74, 6) is 5.20. The van der Waals surface area contributed by atoms with Gasteiger partial charge in [-0.2, -0.15) is 5.20 Å². The van der Waals surface area contributed by atoms with Gasteiger partial charge in [0.2, 0.25) is 0 Å². The molecule has 0 atom stereocenters. The Morgan fingerprint density at radius 2 is 1.45 bits per heavy atom. The molecule has 0 aliphatic heterocycles. The van der Waals surface area contributed by atoms with Crippen molar-refractivity contribution in [2.45, 2.75) is 39.9 Å². The van der Waals surface area contributed by atoms with Gasteiger partial charge in [-0.05, 0) is 27.7 Å². The Kier molecular flexibility index (Phi) is 6.01. The van der Waals surface area contributed by atoms with E-state index in [1.54, 1.807) is 0 Å². The molecule has 0 aliphatic rings. The maximum Gasteiger partial charge on any atom is 0.270 e. The lowest BCUT2D eigenvalue weighted by molar-refractivity contribution is 0.171. The van der Waals surface area contributed by atoms with Crippen molar-refractivity contribution in [1.82, 2.24) is 5.20 Å². The summed E-state index contributed by atoms with van der Waals surface area (Å²) >= 11 is 0. The molecule has 0 unspecified atom stereocenters. The van der Waals surface area contributed by atoms with Crippen LogP contribution in [0, 0.1) is 0 Å². The van der Waals surface area contributed by atoms with Gasteiger partial charge in [0.05, 0.1) is 12.2 Å². The predicted molar refractivity (Wildman–Crippen MR) is 46.7 cm³/mol. The van der Waals surface area contributed by atoms with Crippen molar-refractivity contribution in [1.29, 1.82) is 0 Å². The van der Waals surface area contributed by atoms with E-state index >= 15 is 0 Å². The minimum atomic E-state index is -1.11. The Balaban J connectivity index is 3.58. The first-order valence-corrected chi connectivity index (χ1v) is 4.84. The van der Waals surface area contributed by atoms with Gasteiger partial charge >= 0.3 is 0 Å². The third-order valence-electron chi connectivity index (χ3n) is 0.719. The van der Waals surface area contributed by atoms with E-state index in [-0.39, 0.29) is 12.2 Å². The smallest absolute Gasteiger partial charge is 0.270 e. The number of rotatable bonds is 5. The monoisotopic (exact) mass is 180 g/mol. The van der Waals surface area contributed by atoms with Crippen molar-refractivity contribution in [3.05, 3.63) is 0 Å². The minimum absolute atomic E-state index is 0.135. The van der Waals surface area contributed by atoms with Crippen LogP contribution in [0.1, 0.15) is 27.7 Å². The molecule has 0 aromatic heterocycles. The molecule has 68 valence electrons. The highest BCUT2D eigenvalue weighted by Gasteiger charge is 2.11. The van der Waals surface area contributed by atoms with E-state index in [4.69, 9.17) is 14.9 Å². The number of hydrogen-bond donors (Lipinski definition) is 2. The van der Waals surface area contributed by atoms with Crippen LogP contribution in [0.2, 0.25) is 0 Å². The van der Waals surface area contributed by atoms with Gasteiger partial charge in [-0.3, -0.25) is 5.84 Å². The molecule has 0 amide bonds. The molecule has 0 heterocycles. The predicted octanol–water partition coefficient (Wildman–Crippen LogP) is 1.53. The van der Waals surface area contributed by atoms with Crippen LogP contribution >= 0.6 is 8.53 Å². The Hall–Kier alpha value is 0.270. The summed E-state index contributed by atoms with van der Waals surface area (Å²) in [5.41, 5.74) is 0. The molecule has 0 radical (unpaired) electrons. The van der Waals surface area contributed by atoms with Crippen LogP contribution in [0.3, 0.4) is 0 Å². The summed E-state index contributed by atoms with van der Waals surface area (Å²) < 4.78 is 10.6. The van der Waals surface area contributed by atoms with Crippen LogP contribution in [-0.2, 0) is 9.05 Å². The molecule has 3 N–H and O–H groups in total. The maximum absolute atomic E-state index is 5.32. The largest absolute Gasteiger partial charge is 0.319 e. The minimum Gasteiger partial charge on any atom is -0.319 e. The average molecular weight is 180 g/mol. The van der Waals surface area contributed by atoms with Crippen LogP contribution in [0.15, 0.2) is 0 Å². The number of hydrazine groups is 1. The highest BCUT2D eigenvalue weighted by molar-refractivity contribution is 7.44. The summed E-state index contributed by atoms with van der Waals surface area (Å²) in [7, 11) is -1.11. The zero-order chi connectivity index (χ0) is 8.85. The first-order chi connectivity index (χ1) is 5.06. The molecule has 0 saturated carbocycles. The molecule has 0 bridgehead atoms. The SMILES string of the molecule is CC(C)OP(NN)OC(C)C. The highest BCUT2D eigenvalue weighted by Crippen LogP contribution is 2.34. The number of nitrogens with two attached hydrogens (primary N) is 1. The first-order valence-electron chi connectivity index (χ1n) is 3.66. The number of nitrogens with one attached hydrogen (secondary N) is 1. The molecule has 0 aliphatic carbocycles. The lowest BCUT2D eigenvalue weighted by Crippen LogP contribution is -2.21. The molecule has 0 aromatic rings. The zero-order valence-corrected chi connectivity index (χ0v) is 8.39. The third-order valence-corrected chi connectivity index (χ3v) is 2.16. The maximum atomic E-state index is 5.32. The Morgan fingerprint density at radius 3 is 1.64 bits per heavy atom. The summed E-state index contributed by atoms with van der Waals surface area (Å²) in [6.07, 6.45) is 0.270. The second kappa shape index (κ2) is 5.86. The van der Waals surface area contributed by atoms with E-state index in [0.717, 1.165) is 0 Å². The van der Waals surface area contributed by atoms with Gasteiger partial charge in [0.15, 0.2) is 0 Å². The van der Waals surface area contributed by atoms with Gasteiger partial charge in [-0.25, -0.2) is 0 Å². The van der Waals surface area contributed by atoms with Crippen molar-refractivity contribution in [3.8, 4) is 0 Å². The fourth-order valence-corrected chi connectivity index (χ4v) is 1.41. The zero-order valence-electron chi connectivity index (χ0n) is 7.50. The average Bonchev–Trinajstić information content (AvgIpc) is 1.84. The van der Waals surface area contributed by atoms with Gasteiger partial charge in [0.25, 0.3) is 8.53 Å². The van der Waals surface area contributed by atoms with Gasteiger partial charge < -0.3 is 9.05 Å². The lowest BCUT2D eigenvalue weighted by Gasteiger charge is -2.19. The van der Waals surface area contributed by atoms with Crippen LogP contribution in [-0.4, -0.2) is 12.2 Å². The van der Waals surface area contributed by atoms with Crippen molar-refractivity contribution < 1.29 is 9.05 Å². The Bertz CT molecular complexity index is 90.6. The van der Waals surface area contributed by atoms with E-state index in [0.29, 0.717) is 0 Å². The molecule has 0 aromatic carbocycles. The molecule has 0 saturated heterocycles. The fourth-order valence-electron chi connectivity index (χ4n) is 0.469. The van der Waals surface area contributed by atoms with Crippen LogP contribution in [0.4, 0.5) is 0 Å². The molecule has 4 nitrogen and oxygen atoms in total. The highest BCUT2D eigenvalue weighted by atomic mass is 31.2. The summed E-state index contributed by atoms with van der Waals surface area (Å²) in [5, 5.41) is 2.49. The second-order valence-electron chi connectivity index (χ2n) is 2.69. The normalized spacial score (nSPS) is 12.0. The van der Waals surface area contributed by atoms with Crippen LogP contribution in [0.25, 0.3) is 0 Å². The first kappa shape index (κ1) is 11.3. The quantitative estimate of drug-likeness (QED) is 0.382. The number of hydrogen-bond acceptors (Lipinski definition) is 4. The molecule has 0 rings (SSSR count). The molecular weight excluding hydrogens is 163 g/mol. The van der Waals surface area contributed by atoms with Gasteiger partial charge in [-0.15, -0.1) is 0 Å². The lowest BCUT2D eigenvalue weighted by atomic mass is 10.5. The van der Waals surface area contributed by atoms with E-state index in [1.807, 2.05) is 27.7 Å². The summed E-state index contributed by atoms with van der Waals surface area (Å²) in [4.78, 5) is 0. The van der Waals surface area contributed by atoms with Gasteiger partial charge in [0.1, 0.15) is 0 Å². The summed E-state index contributed by atoms with van der Waals surface area (Å²) in [6, 6.07) is 0. The fraction of sp³-hybridized carbons (Fsp3) is 1.00. The van der Waals surface area contributed by atoms with Crippen molar-refractivity contribution in [3.63, 3.8) is 0 Å². The van der Waals surface area contributed by atoms with E-state index in [1.165, 1.54) is 0 Å². The van der Waals surface area contributed by atoms with Crippen molar-refractivity contribution in [2.75, 3.05) is 0 Å². The molecule has 11 heavy (non-hydrogen) atoms. The standard InChI is InChI=1S/C6H17N2O2P/c1-5(2)9-11(8-7)10-6(3)4/h5-6,8H,7H2,1-4H3.